The van der Waals surface area contributed by atoms with Crippen LogP contribution in [0.25, 0.3) is 0 Å². The van der Waals surface area contributed by atoms with Gasteiger partial charge in [-0.05, 0) is 25.1 Å². The summed E-state index contributed by atoms with van der Waals surface area (Å²) in [5, 5.41) is 13.9. The second-order valence-electron chi connectivity index (χ2n) is 3.27. The van der Waals surface area contributed by atoms with Crippen LogP contribution in [0, 0.1) is 10.1 Å². The zero-order valence-electron chi connectivity index (χ0n) is 9.53. The lowest BCUT2D eigenvalue weighted by atomic mass is 10.2. The molecule has 0 saturated carbocycles. The average Bonchev–Trinajstić information content (AvgIpc) is 2.26. The first kappa shape index (κ1) is 12.4. The molecule has 5 nitrogen and oxygen atoms in total. The van der Waals surface area contributed by atoms with Crippen molar-refractivity contribution in [3.63, 3.8) is 0 Å². The number of ether oxygens (including phenoxy) is 1. The van der Waals surface area contributed by atoms with Crippen molar-refractivity contribution >= 4 is 5.69 Å². The molecule has 0 aliphatic rings. The molecule has 0 aliphatic heterocycles. The molecule has 0 bridgehead atoms. The van der Waals surface area contributed by atoms with E-state index in [2.05, 4.69) is 5.32 Å². The molecule has 0 radical (unpaired) electrons. The molecule has 1 aromatic carbocycles. The smallest absolute Gasteiger partial charge is 0.310 e. The van der Waals surface area contributed by atoms with Gasteiger partial charge in [-0.1, -0.05) is 13.0 Å². The van der Waals surface area contributed by atoms with E-state index >= 15 is 0 Å². The number of nitrogens with one attached hydrogen (secondary N) is 1. The summed E-state index contributed by atoms with van der Waals surface area (Å²) < 4.78 is 5.25. The molecule has 1 N–H and O–H groups in total. The van der Waals surface area contributed by atoms with Gasteiger partial charge in [0.25, 0.3) is 0 Å². The number of benzene rings is 1. The van der Waals surface area contributed by atoms with Crippen molar-refractivity contribution in [2.75, 3.05) is 13.2 Å². The summed E-state index contributed by atoms with van der Waals surface area (Å²) in [4.78, 5) is 10.3. The monoisotopic (exact) mass is 224 g/mol. The van der Waals surface area contributed by atoms with Crippen molar-refractivity contribution in [1.82, 2.24) is 5.32 Å². The first-order valence-electron chi connectivity index (χ1n) is 5.29. The predicted molar refractivity (Wildman–Crippen MR) is 61.6 cm³/mol. The predicted octanol–water partition coefficient (Wildman–Crippen LogP) is 2.10. The van der Waals surface area contributed by atoms with Crippen molar-refractivity contribution in [1.29, 1.82) is 0 Å². The van der Waals surface area contributed by atoms with E-state index in [-0.39, 0.29) is 5.69 Å². The normalized spacial score (nSPS) is 10.1. The van der Waals surface area contributed by atoms with E-state index < -0.39 is 4.92 Å². The van der Waals surface area contributed by atoms with Crippen molar-refractivity contribution in [2.24, 2.45) is 0 Å². The molecule has 0 amide bonds. The summed E-state index contributed by atoms with van der Waals surface area (Å²) in [7, 11) is 0. The summed E-state index contributed by atoms with van der Waals surface area (Å²) in [6.07, 6.45) is 0. The van der Waals surface area contributed by atoms with Crippen molar-refractivity contribution < 1.29 is 9.66 Å². The Morgan fingerprint density at radius 1 is 1.44 bits per heavy atom. The Bertz CT molecular complexity index is 366. The highest BCUT2D eigenvalue weighted by Crippen LogP contribution is 2.27. The Hall–Kier alpha value is -1.62. The van der Waals surface area contributed by atoms with E-state index in [1.165, 1.54) is 6.07 Å². The summed E-state index contributed by atoms with van der Waals surface area (Å²) >= 11 is 0. The van der Waals surface area contributed by atoms with Crippen molar-refractivity contribution in [2.45, 2.75) is 20.4 Å². The Labute approximate surface area is 94.6 Å². The largest absolute Gasteiger partial charge is 0.487 e. The van der Waals surface area contributed by atoms with E-state index in [4.69, 9.17) is 4.74 Å². The number of nitrogens with zero attached hydrogens (tertiary/aromatic N) is 1. The van der Waals surface area contributed by atoms with Crippen molar-refractivity contribution in [3.8, 4) is 5.75 Å². The maximum Gasteiger partial charge on any atom is 0.310 e. The Morgan fingerprint density at radius 2 is 2.19 bits per heavy atom. The van der Waals surface area contributed by atoms with E-state index in [0.717, 1.165) is 12.1 Å². The topological polar surface area (TPSA) is 64.4 Å². The maximum atomic E-state index is 10.7. The molecule has 0 spiro atoms. The molecule has 0 aromatic heterocycles. The van der Waals surface area contributed by atoms with E-state index in [1.807, 2.05) is 6.92 Å². The molecule has 0 fully saturated rings. The van der Waals surface area contributed by atoms with Crippen LogP contribution in [0.2, 0.25) is 0 Å². The third-order valence-corrected chi connectivity index (χ3v) is 2.10. The second kappa shape index (κ2) is 6.07. The average molecular weight is 224 g/mol. The van der Waals surface area contributed by atoms with Crippen LogP contribution < -0.4 is 10.1 Å². The molecule has 88 valence electrons. The number of hydrogen-bond acceptors (Lipinski definition) is 4. The number of hydrogen-bond donors (Lipinski definition) is 1. The highest BCUT2D eigenvalue weighted by atomic mass is 16.6. The minimum atomic E-state index is -0.429. The van der Waals surface area contributed by atoms with Gasteiger partial charge in [-0.25, -0.2) is 0 Å². The van der Waals surface area contributed by atoms with Gasteiger partial charge in [0.1, 0.15) is 0 Å². The molecule has 0 saturated heterocycles. The van der Waals surface area contributed by atoms with Crippen LogP contribution in [-0.2, 0) is 6.54 Å². The van der Waals surface area contributed by atoms with Gasteiger partial charge in [0, 0.05) is 12.6 Å². The summed E-state index contributed by atoms with van der Waals surface area (Å²) in [6, 6.07) is 4.94. The van der Waals surface area contributed by atoms with Crippen molar-refractivity contribution in [3.05, 3.63) is 33.9 Å². The third-order valence-electron chi connectivity index (χ3n) is 2.10. The summed E-state index contributed by atoms with van der Waals surface area (Å²) in [6.45, 7) is 5.79. The molecule has 0 unspecified atom stereocenters. The highest BCUT2D eigenvalue weighted by Gasteiger charge is 2.14. The fourth-order valence-corrected chi connectivity index (χ4v) is 1.36. The Balaban J connectivity index is 2.92. The number of rotatable bonds is 6. The molecule has 0 aliphatic carbocycles. The van der Waals surface area contributed by atoms with E-state index in [9.17, 15) is 10.1 Å². The standard InChI is InChI=1S/C11H16N2O3/c1-3-12-8-9-5-6-10(13(14)15)11(7-9)16-4-2/h5-7,12H,3-4,8H2,1-2H3. The van der Waals surface area contributed by atoms with Crippen LogP contribution in [0.1, 0.15) is 19.4 Å². The van der Waals surface area contributed by atoms with Gasteiger partial charge in [0.05, 0.1) is 11.5 Å². The van der Waals surface area contributed by atoms with Gasteiger partial charge in [-0.2, -0.15) is 0 Å². The van der Waals surface area contributed by atoms with Crippen LogP contribution in [0.4, 0.5) is 5.69 Å². The first-order valence-corrected chi connectivity index (χ1v) is 5.29. The highest BCUT2D eigenvalue weighted by molar-refractivity contribution is 5.48. The van der Waals surface area contributed by atoms with Crippen LogP contribution in [0.3, 0.4) is 0 Å². The molecule has 0 atom stereocenters. The lowest BCUT2D eigenvalue weighted by Gasteiger charge is -2.07. The number of nitro benzene ring substituents is 1. The Kier molecular flexibility index (Phi) is 4.72. The van der Waals surface area contributed by atoms with E-state index in [1.54, 1.807) is 19.1 Å². The van der Waals surface area contributed by atoms with Crippen LogP contribution in [-0.4, -0.2) is 18.1 Å². The zero-order chi connectivity index (χ0) is 12.0. The van der Waals surface area contributed by atoms with Gasteiger partial charge in [-0.3, -0.25) is 10.1 Å². The minimum absolute atomic E-state index is 0.0158. The maximum absolute atomic E-state index is 10.7. The van der Waals surface area contributed by atoms with Gasteiger partial charge in [-0.15, -0.1) is 0 Å². The van der Waals surface area contributed by atoms with Gasteiger partial charge >= 0.3 is 5.69 Å². The Morgan fingerprint density at radius 3 is 2.75 bits per heavy atom. The molecule has 5 heteroatoms. The van der Waals surface area contributed by atoms with Gasteiger partial charge in [0.15, 0.2) is 5.75 Å². The minimum Gasteiger partial charge on any atom is -0.487 e. The van der Waals surface area contributed by atoms with Crippen LogP contribution in [0.15, 0.2) is 18.2 Å². The SMILES string of the molecule is CCNCc1ccc([N+](=O)[O-])c(OCC)c1. The molecule has 1 aromatic rings. The van der Waals surface area contributed by atoms with E-state index in [0.29, 0.717) is 18.9 Å². The quantitative estimate of drug-likeness (QED) is 0.593. The first-order chi connectivity index (χ1) is 7.69. The third kappa shape index (κ3) is 3.20. The van der Waals surface area contributed by atoms with Gasteiger partial charge in [0.2, 0.25) is 0 Å². The number of nitro groups is 1. The molecular formula is C11H16N2O3. The fraction of sp³-hybridized carbons (Fsp3) is 0.455. The summed E-state index contributed by atoms with van der Waals surface area (Å²) in [5.74, 6) is 0.336. The lowest BCUT2D eigenvalue weighted by Crippen LogP contribution is -2.11. The zero-order valence-corrected chi connectivity index (χ0v) is 9.53. The molecular weight excluding hydrogens is 208 g/mol. The second-order valence-corrected chi connectivity index (χ2v) is 3.27. The van der Waals surface area contributed by atoms with Crippen LogP contribution in [0.5, 0.6) is 5.75 Å². The lowest BCUT2D eigenvalue weighted by molar-refractivity contribution is -0.385. The molecule has 16 heavy (non-hydrogen) atoms. The van der Waals surface area contributed by atoms with Crippen LogP contribution >= 0.6 is 0 Å². The fourth-order valence-electron chi connectivity index (χ4n) is 1.36. The summed E-state index contributed by atoms with van der Waals surface area (Å²) in [5.41, 5.74) is 0.998. The molecule has 0 heterocycles. The molecule has 1 rings (SSSR count). The van der Waals surface area contributed by atoms with Gasteiger partial charge < -0.3 is 10.1 Å².